The summed E-state index contributed by atoms with van der Waals surface area (Å²) in [5.74, 6) is 0.360. The van der Waals surface area contributed by atoms with Gasteiger partial charge in [-0.15, -0.1) is 0 Å². The molecule has 3 atom stereocenters. The maximum atomic E-state index is 11.8. The predicted octanol–water partition coefficient (Wildman–Crippen LogP) is 0.869. The molecule has 1 saturated carbocycles. The lowest BCUT2D eigenvalue weighted by molar-refractivity contribution is -0.126. The van der Waals surface area contributed by atoms with Crippen molar-refractivity contribution in [1.82, 2.24) is 10.2 Å². The smallest absolute Gasteiger partial charge is 0.307 e. The largest absolute Gasteiger partial charge is 0.325 e. The van der Waals surface area contributed by atoms with Gasteiger partial charge in [0.1, 0.15) is 5.54 Å². The van der Waals surface area contributed by atoms with Crippen LogP contribution in [0, 0.1) is 5.92 Å². The molecule has 3 amide bonds. The number of hydrogen-bond donors (Lipinski definition) is 1. The molecule has 4 heteroatoms. The quantitative estimate of drug-likeness (QED) is 0.582. The highest BCUT2D eigenvalue weighted by atomic mass is 16.2. The van der Waals surface area contributed by atoms with E-state index in [1.165, 1.54) is 0 Å². The van der Waals surface area contributed by atoms with Gasteiger partial charge in [0, 0.05) is 6.04 Å². The lowest BCUT2D eigenvalue weighted by atomic mass is 9.88. The summed E-state index contributed by atoms with van der Waals surface area (Å²) in [6.45, 7) is 2.04. The van der Waals surface area contributed by atoms with E-state index in [2.05, 4.69) is 5.32 Å². The Hall–Kier alpha value is -1.06. The van der Waals surface area contributed by atoms with Gasteiger partial charge in [-0.2, -0.15) is 0 Å². The van der Waals surface area contributed by atoms with Crippen molar-refractivity contribution in [3.8, 4) is 0 Å². The molecule has 0 aromatic carbocycles. The molecule has 3 rings (SSSR count). The first-order valence-corrected chi connectivity index (χ1v) is 5.31. The minimum Gasteiger partial charge on any atom is -0.307 e. The first-order valence-electron chi connectivity index (χ1n) is 5.31. The van der Waals surface area contributed by atoms with E-state index in [-0.39, 0.29) is 18.0 Å². The first kappa shape index (κ1) is 8.26. The van der Waals surface area contributed by atoms with Crippen LogP contribution in [-0.2, 0) is 4.79 Å². The third-order valence-corrected chi connectivity index (χ3v) is 4.11. The van der Waals surface area contributed by atoms with Crippen molar-refractivity contribution < 1.29 is 9.59 Å². The number of nitrogens with one attached hydrogen (secondary N) is 1. The lowest BCUT2D eigenvalue weighted by Gasteiger charge is -2.29. The Labute approximate surface area is 82.6 Å². The van der Waals surface area contributed by atoms with Crippen LogP contribution < -0.4 is 5.32 Å². The molecule has 3 aliphatic rings. The number of amides is 3. The van der Waals surface area contributed by atoms with E-state index < -0.39 is 5.54 Å². The molecule has 2 aliphatic heterocycles. The van der Waals surface area contributed by atoms with Gasteiger partial charge in [-0.25, -0.2) is 4.79 Å². The van der Waals surface area contributed by atoms with Gasteiger partial charge >= 0.3 is 6.03 Å². The number of carbonyl (C=O) groups excluding carboxylic acids is 2. The number of carbonyl (C=O) groups is 2. The lowest BCUT2D eigenvalue weighted by Crippen LogP contribution is -2.48. The number of nitrogens with zero attached hydrogens (tertiary/aromatic N) is 1. The van der Waals surface area contributed by atoms with E-state index in [0.717, 1.165) is 25.7 Å². The van der Waals surface area contributed by atoms with E-state index in [1.807, 2.05) is 6.92 Å². The Balaban J connectivity index is 2.11. The van der Waals surface area contributed by atoms with Crippen LogP contribution in [-0.4, -0.2) is 28.4 Å². The van der Waals surface area contributed by atoms with E-state index in [0.29, 0.717) is 5.92 Å². The summed E-state index contributed by atoms with van der Waals surface area (Å²) in [5, 5.41) is 2.46. The molecule has 0 unspecified atom stereocenters. The fourth-order valence-corrected chi connectivity index (χ4v) is 3.66. The van der Waals surface area contributed by atoms with Crippen LogP contribution in [0.3, 0.4) is 0 Å². The maximum Gasteiger partial charge on any atom is 0.325 e. The zero-order valence-corrected chi connectivity index (χ0v) is 8.25. The molecule has 1 aliphatic carbocycles. The van der Waals surface area contributed by atoms with Crippen LogP contribution in [0.4, 0.5) is 4.79 Å². The van der Waals surface area contributed by atoms with E-state index in [9.17, 15) is 9.59 Å². The zero-order valence-electron chi connectivity index (χ0n) is 8.25. The van der Waals surface area contributed by atoms with Crippen molar-refractivity contribution in [2.24, 2.45) is 5.92 Å². The van der Waals surface area contributed by atoms with Gasteiger partial charge in [-0.3, -0.25) is 10.1 Å². The third-order valence-electron chi connectivity index (χ3n) is 4.11. The van der Waals surface area contributed by atoms with Gasteiger partial charge < -0.3 is 4.90 Å². The summed E-state index contributed by atoms with van der Waals surface area (Å²) in [4.78, 5) is 25.2. The topological polar surface area (TPSA) is 49.4 Å². The molecule has 0 bridgehead atoms. The summed E-state index contributed by atoms with van der Waals surface area (Å²) in [5.41, 5.74) is -0.448. The fraction of sp³-hybridized carbons (Fsp3) is 0.800. The van der Waals surface area contributed by atoms with Crippen LogP contribution in [0.2, 0.25) is 0 Å². The Bertz CT molecular complexity index is 328. The third kappa shape index (κ3) is 0.678. The summed E-state index contributed by atoms with van der Waals surface area (Å²) >= 11 is 0. The zero-order chi connectivity index (χ0) is 9.92. The minimum absolute atomic E-state index is 0.0469. The van der Waals surface area contributed by atoms with Crippen molar-refractivity contribution in [3.63, 3.8) is 0 Å². The van der Waals surface area contributed by atoms with Crippen molar-refractivity contribution >= 4 is 11.9 Å². The molecule has 0 radical (unpaired) electrons. The van der Waals surface area contributed by atoms with Crippen LogP contribution in [0.5, 0.6) is 0 Å². The highest BCUT2D eigenvalue weighted by Gasteiger charge is 2.64. The molecule has 2 saturated heterocycles. The second-order valence-corrected chi connectivity index (χ2v) is 4.73. The highest BCUT2D eigenvalue weighted by Crippen LogP contribution is 2.51. The van der Waals surface area contributed by atoms with Crippen molar-refractivity contribution in [1.29, 1.82) is 0 Å². The van der Waals surface area contributed by atoms with E-state index >= 15 is 0 Å². The number of imide groups is 1. The van der Waals surface area contributed by atoms with E-state index in [1.54, 1.807) is 4.90 Å². The van der Waals surface area contributed by atoms with Crippen molar-refractivity contribution in [2.75, 3.05) is 0 Å². The standard InChI is InChI=1S/C10H14N2O2/c1-6-5-7-3-2-4-10(7)8(13)11-9(14)12(6)10/h6-7H,2-5H2,1H3,(H,11,13,14)/t6-,7-,10-/m0/s1. The Morgan fingerprint density at radius 3 is 3.07 bits per heavy atom. The van der Waals surface area contributed by atoms with Gasteiger partial charge in [-0.1, -0.05) is 6.42 Å². The first-order chi connectivity index (χ1) is 6.66. The highest BCUT2D eigenvalue weighted by molar-refractivity contribution is 6.08. The molecule has 4 nitrogen and oxygen atoms in total. The van der Waals surface area contributed by atoms with Crippen LogP contribution in [0.1, 0.15) is 32.6 Å². The van der Waals surface area contributed by atoms with Crippen LogP contribution in [0.15, 0.2) is 0 Å². The number of urea groups is 1. The number of hydrogen-bond acceptors (Lipinski definition) is 2. The van der Waals surface area contributed by atoms with Gasteiger partial charge in [0.2, 0.25) is 0 Å². The molecule has 0 aromatic rings. The Morgan fingerprint density at radius 2 is 2.29 bits per heavy atom. The molecule has 1 spiro atoms. The minimum atomic E-state index is -0.448. The molecular formula is C10H14N2O2. The summed E-state index contributed by atoms with van der Waals surface area (Å²) in [6.07, 6.45) is 4.04. The molecule has 76 valence electrons. The van der Waals surface area contributed by atoms with Crippen molar-refractivity contribution in [2.45, 2.75) is 44.2 Å². The monoisotopic (exact) mass is 194 g/mol. The van der Waals surface area contributed by atoms with Gasteiger partial charge in [0.15, 0.2) is 0 Å². The van der Waals surface area contributed by atoms with Gasteiger partial charge in [-0.05, 0) is 32.1 Å². The van der Waals surface area contributed by atoms with Crippen molar-refractivity contribution in [3.05, 3.63) is 0 Å². The molecular weight excluding hydrogens is 180 g/mol. The normalized spacial score (nSPS) is 45.4. The molecule has 3 fully saturated rings. The Kier molecular flexibility index (Phi) is 1.36. The van der Waals surface area contributed by atoms with Gasteiger partial charge in [0.25, 0.3) is 5.91 Å². The second-order valence-electron chi connectivity index (χ2n) is 4.73. The maximum absolute atomic E-state index is 11.8. The molecule has 14 heavy (non-hydrogen) atoms. The Morgan fingerprint density at radius 1 is 1.50 bits per heavy atom. The predicted molar refractivity (Wildman–Crippen MR) is 49.5 cm³/mol. The molecule has 1 N–H and O–H groups in total. The van der Waals surface area contributed by atoms with E-state index in [4.69, 9.17) is 0 Å². The number of rotatable bonds is 0. The molecule has 0 aromatic heterocycles. The summed E-state index contributed by atoms with van der Waals surface area (Å²) in [6, 6.07) is 0.0543. The van der Waals surface area contributed by atoms with Crippen LogP contribution >= 0.6 is 0 Å². The molecule has 2 heterocycles. The fourth-order valence-electron chi connectivity index (χ4n) is 3.66. The van der Waals surface area contributed by atoms with Crippen LogP contribution in [0.25, 0.3) is 0 Å². The summed E-state index contributed by atoms with van der Waals surface area (Å²) in [7, 11) is 0. The SMILES string of the molecule is C[C@H]1C[C@@H]2CCC[C@@]23C(=O)NC(=O)N13. The second kappa shape index (κ2) is 2.30. The van der Waals surface area contributed by atoms with Gasteiger partial charge in [0.05, 0.1) is 0 Å². The average molecular weight is 194 g/mol. The summed E-state index contributed by atoms with van der Waals surface area (Å²) < 4.78 is 0. The average Bonchev–Trinajstić information content (AvgIpc) is 2.65.